The fourth-order valence-corrected chi connectivity index (χ4v) is 4.39. The highest BCUT2D eigenvalue weighted by Crippen LogP contribution is 2.24. The maximum Gasteiger partial charge on any atom is 0.261 e. The Bertz CT molecular complexity index is 922. The number of rotatable bonds is 5. The van der Waals surface area contributed by atoms with Crippen molar-refractivity contribution in [2.75, 3.05) is 4.72 Å². The van der Waals surface area contributed by atoms with Crippen molar-refractivity contribution in [3.05, 3.63) is 58.6 Å². The van der Waals surface area contributed by atoms with Crippen molar-refractivity contribution in [2.24, 2.45) is 0 Å². The number of nitrogens with one attached hydrogen (secondary N) is 2. The van der Waals surface area contributed by atoms with Crippen LogP contribution in [0.2, 0.25) is 5.02 Å². The topological polar surface area (TPSA) is 75.3 Å². The lowest BCUT2D eigenvalue weighted by Crippen LogP contribution is -2.32. The maximum absolute atomic E-state index is 12.7. The third-order valence-electron chi connectivity index (χ3n) is 4.54. The van der Waals surface area contributed by atoms with Gasteiger partial charge in [0.2, 0.25) is 0 Å². The summed E-state index contributed by atoms with van der Waals surface area (Å²) in [5, 5.41) is 3.41. The first-order valence-electron chi connectivity index (χ1n) is 8.55. The van der Waals surface area contributed by atoms with Crippen molar-refractivity contribution in [1.82, 2.24) is 5.32 Å². The molecule has 5 nitrogen and oxygen atoms in total. The summed E-state index contributed by atoms with van der Waals surface area (Å²) in [5.74, 6) is -0.243. The van der Waals surface area contributed by atoms with Gasteiger partial charge in [0.05, 0.1) is 10.6 Å². The van der Waals surface area contributed by atoms with Crippen LogP contribution in [0.5, 0.6) is 0 Å². The van der Waals surface area contributed by atoms with Gasteiger partial charge in [-0.3, -0.25) is 9.52 Å². The molecule has 26 heavy (non-hydrogen) atoms. The fraction of sp³-hybridized carbons (Fsp3) is 0.316. The predicted octanol–water partition coefficient (Wildman–Crippen LogP) is 4.12. The number of sulfonamides is 1. The van der Waals surface area contributed by atoms with Crippen LogP contribution in [0.25, 0.3) is 0 Å². The minimum atomic E-state index is -3.82. The molecule has 0 bridgehead atoms. The molecule has 0 aliphatic heterocycles. The maximum atomic E-state index is 12.7. The van der Waals surface area contributed by atoms with E-state index >= 15 is 0 Å². The normalized spacial score (nSPS) is 15.0. The molecule has 1 amide bonds. The average Bonchev–Trinajstić information content (AvgIpc) is 3.11. The number of amides is 1. The Morgan fingerprint density at radius 3 is 2.58 bits per heavy atom. The van der Waals surface area contributed by atoms with E-state index in [9.17, 15) is 13.2 Å². The summed E-state index contributed by atoms with van der Waals surface area (Å²) in [5.41, 5.74) is 1.51. The first kappa shape index (κ1) is 18.7. The molecule has 0 heterocycles. The Morgan fingerprint density at radius 1 is 1.12 bits per heavy atom. The van der Waals surface area contributed by atoms with Crippen LogP contribution in [0.3, 0.4) is 0 Å². The monoisotopic (exact) mass is 392 g/mol. The zero-order valence-corrected chi connectivity index (χ0v) is 16.0. The number of aryl methyl sites for hydroxylation is 1. The van der Waals surface area contributed by atoms with Gasteiger partial charge in [0.1, 0.15) is 0 Å². The molecule has 0 atom stereocenters. The summed E-state index contributed by atoms with van der Waals surface area (Å²) in [6, 6.07) is 11.2. The highest BCUT2D eigenvalue weighted by atomic mass is 35.5. The first-order chi connectivity index (χ1) is 12.3. The van der Waals surface area contributed by atoms with Gasteiger partial charge in [-0.25, -0.2) is 8.42 Å². The van der Waals surface area contributed by atoms with Gasteiger partial charge in [0.25, 0.3) is 15.9 Å². The Balaban J connectivity index is 1.81. The molecule has 0 unspecified atom stereocenters. The lowest BCUT2D eigenvalue weighted by molar-refractivity contribution is 0.0937. The lowest BCUT2D eigenvalue weighted by atomic mass is 10.2. The van der Waals surface area contributed by atoms with Crippen molar-refractivity contribution < 1.29 is 13.2 Å². The van der Waals surface area contributed by atoms with Crippen LogP contribution < -0.4 is 10.0 Å². The number of carbonyl (C=O) groups excluding carboxylic acids is 1. The van der Waals surface area contributed by atoms with Gasteiger partial charge in [0.15, 0.2) is 0 Å². The average molecular weight is 393 g/mol. The fourth-order valence-electron chi connectivity index (χ4n) is 3.05. The van der Waals surface area contributed by atoms with Gasteiger partial charge >= 0.3 is 0 Å². The van der Waals surface area contributed by atoms with Crippen LogP contribution in [0.15, 0.2) is 47.4 Å². The number of anilines is 1. The Labute approximate surface area is 158 Å². The molecular weight excluding hydrogens is 372 g/mol. The number of carbonyl (C=O) groups is 1. The molecule has 0 spiro atoms. The second-order valence-corrected chi connectivity index (χ2v) is 8.67. The predicted molar refractivity (Wildman–Crippen MR) is 103 cm³/mol. The molecule has 3 rings (SSSR count). The molecule has 0 aromatic heterocycles. The van der Waals surface area contributed by atoms with Gasteiger partial charge in [-0.2, -0.15) is 0 Å². The van der Waals surface area contributed by atoms with E-state index in [4.69, 9.17) is 11.6 Å². The molecule has 2 aromatic rings. The van der Waals surface area contributed by atoms with Crippen LogP contribution >= 0.6 is 11.6 Å². The molecule has 7 heteroatoms. The van der Waals surface area contributed by atoms with E-state index in [0.29, 0.717) is 16.3 Å². The second kappa shape index (κ2) is 7.68. The Kier molecular flexibility index (Phi) is 5.53. The molecule has 0 saturated heterocycles. The van der Waals surface area contributed by atoms with Gasteiger partial charge < -0.3 is 5.32 Å². The van der Waals surface area contributed by atoms with Crippen LogP contribution in [-0.4, -0.2) is 20.4 Å². The van der Waals surface area contributed by atoms with Crippen LogP contribution in [0, 0.1) is 6.92 Å². The molecule has 2 aromatic carbocycles. The molecule has 2 N–H and O–H groups in total. The van der Waals surface area contributed by atoms with E-state index in [2.05, 4.69) is 10.0 Å². The smallest absolute Gasteiger partial charge is 0.261 e. The van der Waals surface area contributed by atoms with E-state index in [-0.39, 0.29) is 16.8 Å². The van der Waals surface area contributed by atoms with Gasteiger partial charge in [0, 0.05) is 16.6 Å². The minimum Gasteiger partial charge on any atom is -0.349 e. The molecule has 1 fully saturated rings. The first-order valence-corrected chi connectivity index (χ1v) is 10.4. The lowest BCUT2D eigenvalue weighted by Gasteiger charge is -2.14. The third kappa shape index (κ3) is 4.37. The minimum absolute atomic E-state index is 0.0379. The Hall–Kier alpha value is -2.05. The van der Waals surface area contributed by atoms with Gasteiger partial charge in [-0.1, -0.05) is 36.6 Å². The number of hydrogen-bond acceptors (Lipinski definition) is 3. The number of hydrogen-bond donors (Lipinski definition) is 2. The second-order valence-electron chi connectivity index (χ2n) is 6.55. The zero-order valence-electron chi connectivity index (χ0n) is 14.5. The highest BCUT2D eigenvalue weighted by Gasteiger charge is 2.20. The summed E-state index contributed by atoms with van der Waals surface area (Å²) in [6.45, 7) is 1.79. The van der Waals surface area contributed by atoms with Crippen molar-refractivity contribution in [2.45, 2.75) is 43.5 Å². The molecule has 138 valence electrons. The van der Waals surface area contributed by atoms with E-state index < -0.39 is 10.0 Å². The van der Waals surface area contributed by atoms with Crippen LogP contribution in [-0.2, 0) is 10.0 Å². The van der Waals surface area contributed by atoms with Crippen molar-refractivity contribution in [3.8, 4) is 0 Å². The zero-order chi connectivity index (χ0) is 18.7. The number of benzene rings is 2. The Morgan fingerprint density at radius 2 is 1.85 bits per heavy atom. The van der Waals surface area contributed by atoms with E-state index in [1.165, 1.54) is 12.1 Å². The van der Waals surface area contributed by atoms with Gasteiger partial charge in [-0.15, -0.1) is 0 Å². The quantitative estimate of drug-likeness (QED) is 0.803. The molecule has 1 aliphatic carbocycles. The summed E-state index contributed by atoms with van der Waals surface area (Å²) in [7, 11) is -3.82. The van der Waals surface area contributed by atoms with E-state index in [0.717, 1.165) is 31.2 Å². The molecular formula is C19H21ClN2O3S. The third-order valence-corrected chi connectivity index (χ3v) is 6.14. The largest absolute Gasteiger partial charge is 0.349 e. The molecule has 0 radical (unpaired) electrons. The van der Waals surface area contributed by atoms with Crippen LogP contribution in [0.1, 0.15) is 41.6 Å². The summed E-state index contributed by atoms with van der Waals surface area (Å²) in [6.07, 6.45) is 4.17. The van der Waals surface area contributed by atoms with Gasteiger partial charge in [-0.05, 0) is 55.7 Å². The van der Waals surface area contributed by atoms with E-state index in [1.807, 2.05) is 0 Å². The summed E-state index contributed by atoms with van der Waals surface area (Å²) in [4.78, 5) is 12.4. The number of halogens is 1. The van der Waals surface area contributed by atoms with Crippen LogP contribution in [0.4, 0.5) is 5.69 Å². The van der Waals surface area contributed by atoms with Crippen molar-refractivity contribution in [3.63, 3.8) is 0 Å². The molecule has 1 aliphatic rings. The SMILES string of the molecule is Cc1ccc(Cl)cc1NS(=O)(=O)c1cccc(C(=O)NC2CCCC2)c1. The summed E-state index contributed by atoms with van der Waals surface area (Å²) >= 11 is 5.95. The summed E-state index contributed by atoms with van der Waals surface area (Å²) < 4.78 is 27.9. The van der Waals surface area contributed by atoms with Crippen molar-refractivity contribution in [1.29, 1.82) is 0 Å². The standard InChI is InChI=1S/C19H21ClN2O3S/c1-13-9-10-15(20)12-18(13)22-26(24,25)17-8-4-5-14(11-17)19(23)21-16-6-2-3-7-16/h4-5,8-12,16,22H,2-3,6-7H2,1H3,(H,21,23). The highest BCUT2D eigenvalue weighted by molar-refractivity contribution is 7.92. The van der Waals surface area contributed by atoms with Crippen molar-refractivity contribution >= 4 is 33.2 Å². The van der Waals surface area contributed by atoms with E-state index in [1.54, 1.807) is 37.3 Å². The molecule has 1 saturated carbocycles.